The highest BCUT2D eigenvalue weighted by molar-refractivity contribution is 9.10. The number of halogens is 2. The Labute approximate surface area is 134 Å². The van der Waals surface area contributed by atoms with Crippen molar-refractivity contribution >= 4 is 33.6 Å². The number of aromatic nitrogens is 1. The molecule has 0 aliphatic carbocycles. The van der Waals surface area contributed by atoms with E-state index in [1.807, 2.05) is 6.07 Å². The van der Waals surface area contributed by atoms with Crippen molar-refractivity contribution in [1.29, 1.82) is 0 Å². The van der Waals surface area contributed by atoms with Crippen LogP contribution in [-0.4, -0.2) is 16.6 Å². The molecule has 6 heteroatoms. The van der Waals surface area contributed by atoms with Gasteiger partial charge in [0.05, 0.1) is 11.6 Å². The largest absolute Gasteiger partial charge is 0.345 e. The molecule has 0 fully saturated rings. The number of carbonyl (C=O) groups excluding carboxylic acids is 1. The molecule has 0 saturated heterocycles. The predicted octanol–water partition coefficient (Wildman–Crippen LogP) is 3.95. The number of benzene rings is 1. The molecule has 1 N–H and O–H groups in total. The van der Waals surface area contributed by atoms with Crippen LogP contribution in [0.25, 0.3) is 0 Å². The standard InChI is InChI=1S/C15H12BrFN2OS/c16-10-6-9(7-18-8-10)15(20)19-13-4-5-21-14-11(13)2-1-3-12(14)17/h1-3,6-8,13H,4-5H2,(H,19,20)/t13-/m0/s1. The number of carbonyl (C=O) groups is 1. The van der Waals surface area contributed by atoms with Gasteiger partial charge in [0.2, 0.25) is 0 Å². The minimum absolute atomic E-state index is 0.163. The SMILES string of the molecule is O=C(N[C@H]1CCSc2c(F)cccc21)c1cncc(Br)c1. The third-order valence-electron chi connectivity index (χ3n) is 3.30. The van der Waals surface area contributed by atoms with Gasteiger partial charge in [-0.25, -0.2) is 4.39 Å². The molecule has 0 bridgehead atoms. The highest BCUT2D eigenvalue weighted by Crippen LogP contribution is 2.37. The molecule has 1 amide bonds. The predicted molar refractivity (Wildman–Crippen MR) is 83.9 cm³/mol. The number of nitrogens with one attached hydrogen (secondary N) is 1. The number of rotatable bonds is 2. The Morgan fingerprint density at radius 1 is 1.43 bits per heavy atom. The molecule has 0 saturated carbocycles. The highest BCUT2D eigenvalue weighted by atomic mass is 79.9. The molecule has 0 radical (unpaired) electrons. The van der Waals surface area contributed by atoms with Crippen LogP contribution in [0.4, 0.5) is 4.39 Å². The van der Waals surface area contributed by atoms with Crippen molar-refractivity contribution in [2.45, 2.75) is 17.4 Å². The fraction of sp³-hybridized carbons (Fsp3) is 0.200. The van der Waals surface area contributed by atoms with E-state index < -0.39 is 0 Å². The van der Waals surface area contributed by atoms with E-state index in [0.717, 1.165) is 22.2 Å². The smallest absolute Gasteiger partial charge is 0.253 e. The zero-order chi connectivity index (χ0) is 14.8. The minimum atomic E-state index is -0.222. The van der Waals surface area contributed by atoms with Crippen LogP contribution in [0.1, 0.15) is 28.4 Å². The summed E-state index contributed by atoms with van der Waals surface area (Å²) in [4.78, 5) is 16.9. The second-order valence-electron chi connectivity index (χ2n) is 4.71. The molecule has 0 unspecified atom stereocenters. The van der Waals surface area contributed by atoms with E-state index in [-0.39, 0.29) is 17.8 Å². The Morgan fingerprint density at radius 3 is 3.10 bits per heavy atom. The van der Waals surface area contributed by atoms with Crippen LogP contribution in [0.5, 0.6) is 0 Å². The second-order valence-corrected chi connectivity index (χ2v) is 6.73. The lowest BCUT2D eigenvalue weighted by atomic mass is 10.0. The van der Waals surface area contributed by atoms with E-state index in [1.54, 1.807) is 18.3 Å². The third-order valence-corrected chi connectivity index (χ3v) is 4.89. The molecule has 1 aliphatic rings. The molecular weight excluding hydrogens is 355 g/mol. The van der Waals surface area contributed by atoms with Crippen molar-refractivity contribution in [3.05, 3.63) is 58.1 Å². The molecule has 21 heavy (non-hydrogen) atoms. The summed E-state index contributed by atoms with van der Waals surface area (Å²) in [6.07, 6.45) is 3.93. The summed E-state index contributed by atoms with van der Waals surface area (Å²) in [6.45, 7) is 0. The van der Waals surface area contributed by atoms with Gasteiger partial charge in [0.25, 0.3) is 5.91 Å². The lowest BCUT2D eigenvalue weighted by Crippen LogP contribution is -2.31. The van der Waals surface area contributed by atoms with Gasteiger partial charge in [0.1, 0.15) is 5.82 Å². The summed E-state index contributed by atoms with van der Waals surface area (Å²) in [6, 6.07) is 6.55. The average Bonchev–Trinajstić information content (AvgIpc) is 2.48. The van der Waals surface area contributed by atoms with E-state index in [0.29, 0.717) is 10.5 Å². The van der Waals surface area contributed by atoms with Gasteiger partial charge in [0, 0.05) is 27.5 Å². The lowest BCUT2D eigenvalue weighted by molar-refractivity contribution is 0.0934. The van der Waals surface area contributed by atoms with E-state index in [9.17, 15) is 9.18 Å². The number of fused-ring (bicyclic) bond motifs is 1. The number of thioether (sulfide) groups is 1. The first-order chi connectivity index (χ1) is 10.1. The maximum absolute atomic E-state index is 13.8. The summed E-state index contributed by atoms with van der Waals surface area (Å²) < 4.78 is 14.6. The van der Waals surface area contributed by atoms with Gasteiger partial charge >= 0.3 is 0 Å². The van der Waals surface area contributed by atoms with Crippen LogP contribution < -0.4 is 5.32 Å². The lowest BCUT2D eigenvalue weighted by Gasteiger charge is -2.26. The number of nitrogens with zero attached hydrogens (tertiary/aromatic N) is 1. The number of hydrogen-bond donors (Lipinski definition) is 1. The minimum Gasteiger partial charge on any atom is -0.345 e. The molecule has 3 nitrogen and oxygen atoms in total. The van der Waals surface area contributed by atoms with Crippen LogP contribution in [0.3, 0.4) is 0 Å². The van der Waals surface area contributed by atoms with E-state index in [1.165, 1.54) is 24.0 Å². The fourth-order valence-electron chi connectivity index (χ4n) is 2.31. The van der Waals surface area contributed by atoms with E-state index >= 15 is 0 Å². The van der Waals surface area contributed by atoms with Crippen LogP contribution in [-0.2, 0) is 0 Å². The summed E-state index contributed by atoms with van der Waals surface area (Å²) in [5.41, 5.74) is 1.34. The van der Waals surface area contributed by atoms with Crippen molar-refractivity contribution < 1.29 is 9.18 Å². The first-order valence-electron chi connectivity index (χ1n) is 6.48. The van der Waals surface area contributed by atoms with Crippen LogP contribution in [0.15, 0.2) is 46.0 Å². The Hall–Kier alpha value is -1.40. The van der Waals surface area contributed by atoms with Gasteiger partial charge in [-0.3, -0.25) is 9.78 Å². The van der Waals surface area contributed by atoms with Crippen molar-refractivity contribution in [2.75, 3.05) is 5.75 Å². The molecule has 1 aromatic carbocycles. The normalized spacial score (nSPS) is 17.1. The van der Waals surface area contributed by atoms with Crippen LogP contribution >= 0.6 is 27.7 Å². The molecule has 0 spiro atoms. The zero-order valence-corrected chi connectivity index (χ0v) is 13.4. The van der Waals surface area contributed by atoms with Crippen LogP contribution in [0, 0.1) is 5.82 Å². The molecule has 108 valence electrons. The van der Waals surface area contributed by atoms with E-state index in [2.05, 4.69) is 26.2 Å². The maximum Gasteiger partial charge on any atom is 0.253 e. The Kier molecular flexibility index (Phi) is 4.26. The third kappa shape index (κ3) is 3.11. The van der Waals surface area contributed by atoms with E-state index in [4.69, 9.17) is 0 Å². The summed E-state index contributed by atoms with van der Waals surface area (Å²) >= 11 is 4.79. The zero-order valence-electron chi connectivity index (χ0n) is 11.0. The second kappa shape index (κ2) is 6.15. The molecule has 1 aromatic heterocycles. The molecule has 2 aromatic rings. The summed E-state index contributed by atoms with van der Waals surface area (Å²) in [7, 11) is 0. The first-order valence-corrected chi connectivity index (χ1v) is 8.25. The van der Waals surface area contributed by atoms with Gasteiger partial charge in [0.15, 0.2) is 0 Å². The molecule has 2 heterocycles. The molecule has 1 aliphatic heterocycles. The number of pyridine rings is 1. The monoisotopic (exact) mass is 366 g/mol. The Bertz CT molecular complexity index is 695. The van der Waals surface area contributed by atoms with Crippen molar-refractivity contribution in [2.24, 2.45) is 0 Å². The topological polar surface area (TPSA) is 42.0 Å². The van der Waals surface area contributed by atoms with Crippen molar-refractivity contribution in [1.82, 2.24) is 10.3 Å². The maximum atomic E-state index is 13.8. The molecule has 1 atom stereocenters. The van der Waals surface area contributed by atoms with Gasteiger partial charge in [-0.05, 0) is 40.0 Å². The van der Waals surface area contributed by atoms with Crippen molar-refractivity contribution in [3.63, 3.8) is 0 Å². The van der Waals surface area contributed by atoms with Crippen molar-refractivity contribution in [3.8, 4) is 0 Å². The summed E-state index contributed by atoms with van der Waals surface area (Å²) in [5, 5.41) is 2.97. The first kappa shape index (κ1) is 14.5. The Balaban J connectivity index is 1.84. The highest BCUT2D eigenvalue weighted by Gasteiger charge is 2.24. The van der Waals surface area contributed by atoms with Gasteiger partial charge < -0.3 is 5.32 Å². The average molecular weight is 367 g/mol. The summed E-state index contributed by atoms with van der Waals surface area (Å²) in [5.74, 6) is 0.367. The van der Waals surface area contributed by atoms with Gasteiger partial charge in [-0.15, -0.1) is 11.8 Å². The molecular formula is C15H12BrFN2OS. The Morgan fingerprint density at radius 2 is 2.29 bits per heavy atom. The van der Waals surface area contributed by atoms with Gasteiger partial charge in [-0.2, -0.15) is 0 Å². The number of amides is 1. The molecule has 3 rings (SSSR count). The quantitative estimate of drug-likeness (QED) is 0.874. The van der Waals surface area contributed by atoms with Crippen LogP contribution in [0.2, 0.25) is 0 Å². The fourth-order valence-corrected chi connectivity index (χ4v) is 3.82. The van der Waals surface area contributed by atoms with Gasteiger partial charge in [-0.1, -0.05) is 12.1 Å². The number of hydrogen-bond acceptors (Lipinski definition) is 3.